The van der Waals surface area contributed by atoms with Crippen LogP contribution in [0.4, 0.5) is 0 Å². The molecule has 0 saturated heterocycles. The Hall–Kier alpha value is -2.96. The molecular formula is C24H28N6. The average Bonchev–Trinajstić information content (AvgIpc) is 3.34. The van der Waals surface area contributed by atoms with Gasteiger partial charge in [0.1, 0.15) is 5.82 Å². The number of aryl methyl sites for hydroxylation is 2. The highest BCUT2D eigenvalue weighted by Gasteiger charge is 2.28. The third kappa shape index (κ3) is 3.64. The number of imidazole rings is 1. The van der Waals surface area contributed by atoms with Gasteiger partial charge in [-0.3, -0.25) is 9.88 Å². The quantitative estimate of drug-likeness (QED) is 0.516. The second kappa shape index (κ2) is 8.05. The maximum absolute atomic E-state index is 6.04. The Bertz CT molecular complexity index is 1120. The summed E-state index contributed by atoms with van der Waals surface area (Å²) in [5.74, 6) is 0.990. The van der Waals surface area contributed by atoms with E-state index in [-0.39, 0.29) is 6.04 Å². The van der Waals surface area contributed by atoms with Gasteiger partial charge in [0.15, 0.2) is 0 Å². The number of benzene rings is 1. The first-order valence-corrected chi connectivity index (χ1v) is 10.7. The summed E-state index contributed by atoms with van der Waals surface area (Å²) in [6.45, 7) is 2.12. The van der Waals surface area contributed by atoms with Crippen molar-refractivity contribution in [3.8, 4) is 0 Å². The minimum Gasteiger partial charge on any atom is -0.357 e. The van der Waals surface area contributed by atoms with Crippen molar-refractivity contribution >= 4 is 11.0 Å². The summed E-state index contributed by atoms with van der Waals surface area (Å²) >= 11 is 0. The van der Waals surface area contributed by atoms with E-state index >= 15 is 0 Å². The molecule has 3 heterocycles. The molecule has 0 amide bonds. The summed E-state index contributed by atoms with van der Waals surface area (Å²) in [5, 5.41) is 0. The van der Waals surface area contributed by atoms with Gasteiger partial charge in [0.2, 0.25) is 0 Å². The van der Waals surface area contributed by atoms with Gasteiger partial charge in [-0.05, 0) is 54.2 Å². The maximum atomic E-state index is 6.04. The summed E-state index contributed by atoms with van der Waals surface area (Å²) < 4.78 is 2.10. The zero-order chi connectivity index (χ0) is 20.5. The Morgan fingerprint density at radius 3 is 2.87 bits per heavy atom. The molecule has 0 spiro atoms. The van der Waals surface area contributed by atoms with E-state index in [1.165, 1.54) is 28.8 Å². The number of para-hydroxylation sites is 2. The minimum atomic E-state index is 0.272. The lowest BCUT2D eigenvalue weighted by atomic mass is 9.90. The summed E-state index contributed by atoms with van der Waals surface area (Å²) in [4.78, 5) is 15.7. The van der Waals surface area contributed by atoms with Crippen LogP contribution < -0.4 is 5.73 Å². The molecule has 4 aromatic rings. The van der Waals surface area contributed by atoms with E-state index < -0.39 is 0 Å². The Kier molecular flexibility index (Phi) is 5.11. The van der Waals surface area contributed by atoms with E-state index in [0.717, 1.165) is 42.8 Å². The second-order valence-corrected chi connectivity index (χ2v) is 8.24. The molecule has 1 aliphatic carbocycles. The highest BCUT2D eigenvalue weighted by atomic mass is 15.2. The van der Waals surface area contributed by atoms with E-state index in [4.69, 9.17) is 15.7 Å². The fourth-order valence-corrected chi connectivity index (χ4v) is 4.73. The van der Waals surface area contributed by atoms with Crippen LogP contribution in [0.2, 0.25) is 0 Å². The lowest BCUT2D eigenvalue weighted by Gasteiger charge is -2.34. The van der Waals surface area contributed by atoms with Crippen LogP contribution in [0.1, 0.15) is 47.1 Å². The molecule has 3 N–H and O–H groups in total. The molecule has 5 rings (SSSR count). The van der Waals surface area contributed by atoms with Crippen LogP contribution in [0.5, 0.6) is 0 Å². The van der Waals surface area contributed by atoms with Crippen LogP contribution in [-0.4, -0.2) is 24.4 Å². The molecule has 154 valence electrons. The number of rotatable bonds is 6. The molecule has 6 heteroatoms. The number of hydrogen-bond donors (Lipinski definition) is 2. The van der Waals surface area contributed by atoms with Crippen LogP contribution in [0.3, 0.4) is 0 Å². The lowest BCUT2D eigenvalue weighted by Crippen LogP contribution is -2.32. The number of nitrogens with zero attached hydrogens (tertiary/aromatic N) is 4. The van der Waals surface area contributed by atoms with Crippen LogP contribution in [0, 0.1) is 0 Å². The first kappa shape index (κ1) is 19.0. The molecule has 30 heavy (non-hydrogen) atoms. The fourth-order valence-electron chi connectivity index (χ4n) is 4.73. The van der Waals surface area contributed by atoms with Crippen molar-refractivity contribution in [2.45, 2.75) is 44.9 Å². The van der Waals surface area contributed by atoms with Crippen LogP contribution in [0.15, 0.2) is 55.0 Å². The molecule has 6 nitrogen and oxygen atoms in total. The van der Waals surface area contributed by atoms with E-state index in [0.29, 0.717) is 6.54 Å². The fraction of sp³-hybridized carbons (Fsp3) is 0.333. The first-order chi connectivity index (χ1) is 14.7. The topological polar surface area (TPSA) is 75.8 Å². The number of aromatic amines is 1. The van der Waals surface area contributed by atoms with Crippen molar-refractivity contribution in [2.24, 2.45) is 12.8 Å². The Balaban J connectivity index is 1.52. The highest BCUT2D eigenvalue weighted by Crippen LogP contribution is 2.35. The third-order valence-electron chi connectivity index (χ3n) is 6.12. The van der Waals surface area contributed by atoms with Crippen LogP contribution in [-0.2, 0) is 33.1 Å². The first-order valence-electron chi connectivity index (χ1n) is 10.7. The predicted octanol–water partition coefficient (Wildman–Crippen LogP) is 3.83. The Morgan fingerprint density at radius 2 is 2.00 bits per heavy atom. The van der Waals surface area contributed by atoms with Gasteiger partial charge in [0, 0.05) is 38.7 Å². The van der Waals surface area contributed by atoms with Gasteiger partial charge in [0.25, 0.3) is 0 Å². The molecule has 0 bridgehead atoms. The minimum absolute atomic E-state index is 0.272. The third-order valence-corrected chi connectivity index (χ3v) is 6.12. The molecule has 0 saturated carbocycles. The monoisotopic (exact) mass is 400 g/mol. The summed E-state index contributed by atoms with van der Waals surface area (Å²) in [7, 11) is 2.06. The molecule has 1 unspecified atom stereocenters. The van der Waals surface area contributed by atoms with Crippen molar-refractivity contribution in [1.82, 2.24) is 24.4 Å². The highest BCUT2D eigenvalue weighted by molar-refractivity contribution is 5.74. The molecule has 3 aromatic heterocycles. The molecule has 0 radical (unpaired) electrons. The zero-order valence-corrected chi connectivity index (χ0v) is 17.4. The number of nitrogens with one attached hydrogen (secondary N) is 1. The van der Waals surface area contributed by atoms with Crippen molar-refractivity contribution in [2.75, 3.05) is 0 Å². The number of H-pyrrole nitrogens is 1. The number of nitrogens with two attached hydrogens (primary N) is 1. The smallest absolute Gasteiger partial charge is 0.121 e. The lowest BCUT2D eigenvalue weighted by molar-refractivity contribution is 0.153. The van der Waals surface area contributed by atoms with E-state index in [1.807, 2.05) is 18.3 Å². The van der Waals surface area contributed by atoms with E-state index in [1.54, 1.807) is 0 Å². The number of aromatic nitrogens is 4. The van der Waals surface area contributed by atoms with Gasteiger partial charge < -0.3 is 15.3 Å². The second-order valence-electron chi connectivity index (χ2n) is 8.24. The summed E-state index contributed by atoms with van der Waals surface area (Å²) in [5.41, 5.74) is 13.2. The molecular weight excluding hydrogens is 372 g/mol. The molecule has 0 aliphatic heterocycles. The predicted molar refractivity (Wildman–Crippen MR) is 119 cm³/mol. The Morgan fingerprint density at radius 1 is 1.13 bits per heavy atom. The molecule has 1 aromatic carbocycles. The van der Waals surface area contributed by atoms with Crippen LogP contribution >= 0.6 is 0 Å². The van der Waals surface area contributed by atoms with E-state index in [9.17, 15) is 0 Å². The average molecular weight is 401 g/mol. The van der Waals surface area contributed by atoms with Gasteiger partial charge in [-0.15, -0.1) is 0 Å². The van der Waals surface area contributed by atoms with Gasteiger partial charge in [-0.25, -0.2) is 4.98 Å². The van der Waals surface area contributed by atoms with Crippen molar-refractivity contribution in [3.63, 3.8) is 0 Å². The summed E-state index contributed by atoms with van der Waals surface area (Å²) in [6, 6.07) is 12.8. The molecule has 1 aliphatic rings. The van der Waals surface area contributed by atoms with Crippen molar-refractivity contribution in [3.05, 3.63) is 83.2 Å². The SMILES string of the molecule is Cn1cc(CN)c(CN(Cc2nc3ccccc3[nH]2)C2CCCc3cccnc32)c1. The number of fused-ring (bicyclic) bond motifs is 2. The van der Waals surface area contributed by atoms with Gasteiger partial charge in [-0.2, -0.15) is 0 Å². The van der Waals surface area contributed by atoms with Crippen LogP contribution in [0.25, 0.3) is 11.0 Å². The number of pyridine rings is 1. The Labute approximate surface area is 176 Å². The van der Waals surface area contributed by atoms with Gasteiger partial charge in [0.05, 0.1) is 29.3 Å². The zero-order valence-electron chi connectivity index (χ0n) is 17.4. The standard InChI is InChI=1S/C24H28N6/c1-29-13-18(12-25)19(14-29)15-30(16-23-27-20-8-2-3-9-21(20)28-23)22-10-4-6-17-7-5-11-26-24(17)22/h2-3,5,7-9,11,13-14,22H,4,6,10,12,15-16,25H2,1H3,(H,27,28). The van der Waals surface area contributed by atoms with Gasteiger partial charge >= 0.3 is 0 Å². The summed E-state index contributed by atoms with van der Waals surface area (Å²) in [6.07, 6.45) is 9.63. The molecule has 0 fully saturated rings. The van der Waals surface area contributed by atoms with Crippen molar-refractivity contribution in [1.29, 1.82) is 0 Å². The normalized spacial score (nSPS) is 16.3. The largest absolute Gasteiger partial charge is 0.357 e. The maximum Gasteiger partial charge on any atom is 0.121 e. The van der Waals surface area contributed by atoms with E-state index in [2.05, 4.69) is 58.2 Å². The van der Waals surface area contributed by atoms with Crippen molar-refractivity contribution < 1.29 is 0 Å². The van der Waals surface area contributed by atoms with Gasteiger partial charge in [-0.1, -0.05) is 18.2 Å². The molecule has 1 atom stereocenters. The number of hydrogen-bond acceptors (Lipinski definition) is 4.